The van der Waals surface area contributed by atoms with Gasteiger partial charge in [0.15, 0.2) is 5.13 Å². The van der Waals surface area contributed by atoms with Gasteiger partial charge >= 0.3 is 0 Å². The zero-order valence-electron chi connectivity index (χ0n) is 12.4. The molecule has 24 heavy (non-hydrogen) atoms. The molecule has 0 spiro atoms. The molecule has 0 aliphatic rings. The highest BCUT2D eigenvalue weighted by molar-refractivity contribution is 7.22. The molecule has 0 saturated heterocycles. The van der Waals surface area contributed by atoms with Gasteiger partial charge in [0.2, 0.25) is 5.76 Å². The molecule has 4 rings (SSSR count). The Bertz CT molecular complexity index is 980. The van der Waals surface area contributed by atoms with Crippen molar-refractivity contribution in [3.05, 3.63) is 66.6 Å². The number of nitrogens with one attached hydrogen (secondary N) is 2. The highest BCUT2D eigenvalue weighted by atomic mass is 32.1. The van der Waals surface area contributed by atoms with Crippen molar-refractivity contribution in [3.8, 4) is 0 Å². The standard InChI is InChI=1S/C17H12N4O2S/c22-16(13-9-10-18-23-13)20-12-7-4-8-14-15(12)21-17(24-14)19-11-5-2-1-3-6-11/h1-10H,(H,19,21)(H,20,22). The van der Waals surface area contributed by atoms with E-state index >= 15 is 0 Å². The Morgan fingerprint density at radius 3 is 2.71 bits per heavy atom. The van der Waals surface area contributed by atoms with Crippen LogP contribution >= 0.6 is 11.3 Å². The van der Waals surface area contributed by atoms with E-state index in [1.807, 2.05) is 48.5 Å². The maximum Gasteiger partial charge on any atom is 0.294 e. The normalized spacial score (nSPS) is 10.7. The van der Waals surface area contributed by atoms with E-state index in [-0.39, 0.29) is 11.7 Å². The Morgan fingerprint density at radius 2 is 1.92 bits per heavy atom. The van der Waals surface area contributed by atoms with Gasteiger partial charge in [-0.3, -0.25) is 4.79 Å². The zero-order valence-corrected chi connectivity index (χ0v) is 13.2. The molecule has 0 aliphatic heterocycles. The number of nitrogens with zero attached hydrogens (tertiary/aromatic N) is 2. The molecule has 7 heteroatoms. The van der Waals surface area contributed by atoms with Gasteiger partial charge in [0.1, 0.15) is 5.52 Å². The van der Waals surface area contributed by atoms with E-state index in [4.69, 9.17) is 4.52 Å². The van der Waals surface area contributed by atoms with Crippen LogP contribution in [-0.4, -0.2) is 16.0 Å². The summed E-state index contributed by atoms with van der Waals surface area (Å²) in [5.74, 6) is -0.199. The van der Waals surface area contributed by atoms with Crippen LogP contribution in [0.1, 0.15) is 10.6 Å². The average molecular weight is 336 g/mol. The second kappa shape index (κ2) is 6.13. The summed E-state index contributed by atoms with van der Waals surface area (Å²) < 4.78 is 5.85. The molecule has 118 valence electrons. The Morgan fingerprint density at radius 1 is 1.04 bits per heavy atom. The van der Waals surface area contributed by atoms with Crippen molar-refractivity contribution in [1.82, 2.24) is 10.1 Å². The van der Waals surface area contributed by atoms with E-state index in [1.165, 1.54) is 23.6 Å². The molecular formula is C17H12N4O2S. The van der Waals surface area contributed by atoms with Crippen molar-refractivity contribution in [1.29, 1.82) is 0 Å². The molecule has 0 fully saturated rings. The van der Waals surface area contributed by atoms with Crippen LogP contribution in [-0.2, 0) is 0 Å². The molecule has 0 aliphatic carbocycles. The van der Waals surface area contributed by atoms with Crippen molar-refractivity contribution >= 4 is 44.0 Å². The van der Waals surface area contributed by atoms with Crippen LogP contribution in [0.4, 0.5) is 16.5 Å². The lowest BCUT2D eigenvalue weighted by Gasteiger charge is -2.03. The minimum Gasteiger partial charge on any atom is -0.351 e. The number of amides is 1. The van der Waals surface area contributed by atoms with Crippen molar-refractivity contribution < 1.29 is 9.32 Å². The molecule has 2 N–H and O–H groups in total. The summed E-state index contributed by atoms with van der Waals surface area (Å²) in [5.41, 5.74) is 2.32. The number of hydrogen-bond acceptors (Lipinski definition) is 6. The number of thiazole rings is 1. The molecule has 1 amide bonds. The van der Waals surface area contributed by atoms with E-state index in [0.29, 0.717) is 5.69 Å². The Labute approximate surface area is 141 Å². The molecule has 0 radical (unpaired) electrons. The lowest BCUT2D eigenvalue weighted by molar-refractivity contribution is 0.0988. The molecule has 2 aromatic heterocycles. The third-order valence-electron chi connectivity index (χ3n) is 3.35. The van der Waals surface area contributed by atoms with Gasteiger partial charge < -0.3 is 15.2 Å². The minimum absolute atomic E-state index is 0.157. The lowest BCUT2D eigenvalue weighted by Crippen LogP contribution is -2.11. The number of hydrogen-bond donors (Lipinski definition) is 2. The highest BCUT2D eigenvalue weighted by Gasteiger charge is 2.14. The molecule has 2 heterocycles. The van der Waals surface area contributed by atoms with Gasteiger partial charge in [-0.05, 0) is 24.3 Å². The maximum absolute atomic E-state index is 12.1. The number of rotatable bonds is 4. The highest BCUT2D eigenvalue weighted by Crippen LogP contribution is 2.32. The minimum atomic E-state index is -0.356. The smallest absolute Gasteiger partial charge is 0.294 e. The van der Waals surface area contributed by atoms with Gasteiger partial charge in [0.05, 0.1) is 16.6 Å². The van der Waals surface area contributed by atoms with Gasteiger partial charge in [0, 0.05) is 11.8 Å². The van der Waals surface area contributed by atoms with E-state index in [9.17, 15) is 4.79 Å². The number of carbonyl (C=O) groups is 1. The molecule has 0 atom stereocenters. The van der Waals surface area contributed by atoms with Crippen LogP contribution < -0.4 is 10.6 Å². The summed E-state index contributed by atoms with van der Waals surface area (Å²) in [7, 11) is 0. The number of benzene rings is 2. The second-order valence-corrected chi connectivity index (χ2v) is 6.02. The topological polar surface area (TPSA) is 80.0 Å². The summed E-state index contributed by atoms with van der Waals surface area (Å²) >= 11 is 1.52. The number of aromatic nitrogens is 2. The van der Waals surface area contributed by atoms with Crippen LogP contribution in [0.5, 0.6) is 0 Å². The van der Waals surface area contributed by atoms with Crippen molar-refractivity contribution in [2.45, 2.75) is 0 Å². The van der Waals surface area contributed by atoms with Crippen LogP contribution in [0.15, 0.2) is 65.3 Å². The van der Waals surface area contributed by atoms with Crippen molar-refractivity contribution in [3.63, 3.8) is 0 Å². The average Bonchev–Trinajstić information content (AvgIpc) is 3.25. The number of fused-ring (bicyclic) bond motifs is 1. The van der Waals surface area contributed by atoms with Gasteiger partial charge in [-0.1, -0.05) is 40.8 Å². The van der Waals surface area contributed by atoms with Gasteiger partial charge in [-0.2, -0.15) is 0 Å². The third-order valence-corrected chi connectivity index (χ3v) is 4.29. The SMILES string of the molecule is O=C(Nc1cccc2sc(Nc3ccccc3)nc12)c1ccno1. The molecule has 6 nitrogen and oxygen atoms in total. The van der Waals surface area contributed by atoms with Gasteiger partial charge in [-0.15, -0.1) is 0 Å². The van der Waals surface area contributed by atoms with Crippen LogP contribution in [0.2, 0.25) is 0 Å². The summed E-state index contributed by atoms with van der Waals surface area (Å²) in [5, 5.41) is 10.4. The molecule has 0 bridgehead atoms. The number of anilines is 3. The first-order chi connectivity index (χ1) is 11.8. The zero-order chi connectivity index (χ0) is 16.4. The second-order valence-electron chi connectivity index (χ2n) is 4.99. The number of carbonyl (C=O) groups excluding carboxylic acids is 1. The first kappa shape index (κ1) is 14.4. The van der Waals surface area contributed by atoms with E-state index in [1.54, 1.807) is 0 Å². The van der Waals surface area contributed by atoms with Gasteiger partial charge in [-0.25, -0.2) is 4.98 Å². The summed E-state index contributed by atoms with van der Waals surface area (Å²) in [6.45, 7) is 0. The fourth-order valence-corrected chi connectivity index (χ4v) is 3.18. The maximum atomic E-state index is 12.1. The quantitative estimate of drug-likeness (QED) is 0.581. The molecule has 0 saturated carbocycles. The largest absolute Gasteiger partial charge is 0.351 e. The summed E-state index contributed by atoms with van der Waals surface area (Å²) in [6.07, 6.45) is 1.43. The predicted molar refractivity (Wildman–Crippen MR) is 93.8 cm³/mol. The monoisotopic (exact) mass is 336 g/mol. The van der Waals surface area contributed by atoms with Gasteiger partial charge in [0.25, 0.3) is 5.91 Å². The van der Waals surface area contributed by atoms with Crippen molar-refractivity contribution in [2.75, 3.05) is 10.6 Å². The van der Waals surface area contributed by atoms with E-state index < -0.39 is 0 Å². The Balaban J connectivity index is 1.63. The third kappa shape index (κ3) is 2.84. The van der Waals surface area contributed by atoms with Crippen LogP contribution in [0.25, 0.3) is 10.2 Å². The lowest BCUT2D eigenvalue weighted by atomic mass is 10.3. The first-order valence-corrected chi connectivity index (χ1v) is 8.05. The summed E-state index contributed by atoms with van der Waals surface area (Å²) in [6, 6.07) is 17.0. The Hall–Kier alpha value is -3.19. The van der Waals surface area contributed by atoms with Crippen LogP contribution in [0, 0.1) is 0 Å². The van der Waals surface area contributed by atoms with Crippen molar-refractivity contribution in [2.24, 2.45) is 0 Å². The van der Waals surface area contributed by atoms with E-state index in [2.05, 4.69) is 20.8 Å². The molecule has 2 aromatic carbocycles. The fourth-order valence-electron chi connectivity index (χ4n) is 2.26. The fraction of sp³-hybridized carbons (Fsp3) is 0. The molecular weight excluding hydrogens is 324 g/mol. The van der Waals surface area contributed by atoms with Crippen LogP contribution in [0.3, 0.4) is 0 Å². The first-order valence-electron chi connectivity index (χ1n) is 7.23. The number of para-hydroxylation sites is 2. The molecule has 0 unspecified atom stereocenters. The summed E-state index contributed by atoms with van der Waals surface area (Å²) in [4.78, 5) is 16.7. The Kier molecular flexibility index (Phi) is 3.68. The predicted octanol–water partition coefficient (Wildman–Crippen LogP) is 4.28. The molecule has 4 aromatic rings. The van der Waals surface area contributed by atoms with E-state index in [0.717, 1.165) is 21.0 Å².